The zero-order valence-electron chi connectivity index (χ0n) is 18.8. The molecule has 1 aliphatic rings. The Morgan fingerprint density at radius 1 is 1.00 bits per heavy atom. The van der Waals surface area contributed by atoms with Crippen molar-refractivity contribution in [1.29, 1.82) is 0 Å². The Morgan fingerprint density at radius 2 is 1.76 bits per heavy atom. The van der Waals surface area contributed by atoms with Crippen LogP contribution in [0.25, 0.3) is 38.9 Å². The molecule has 0 saturated heterocycles. The van der Waals surface area contributed by atoms with E-state index in [2.05, 4.69) is 52.7 Å². The van der Waals surface area contributed by atoms with Crippen LogP contribution in [0.5, 0.6) is 0 Å². The van der Waals surface area contributed by atoms with Gasteiger partial charge in [0.25, 0.3) is 0 Å². The van der Waals surface area contributed by atoms with E-state index in [0.29, 0.717) is 11.5 Å². The van der Waals surface area contributed by atoms with Crippen LogP contribution < -0.4 is 5.73 Å². The Bertz CT molecular complexity index is 1490. The standard InChI is InChI=1S/C27H25N5O2/c1-34-26(33)25-31-30-24-21-16-20(17-6-3-2-4-7-17)23(29-22(21)12-15-32(24)25)18-8-10-19(11-9-18)27(28)13-5-14-27/h2-4,6-12,15-16,26,33H,5,13-14,28H2,1H3. The van der Waals surface area contributed by atoms with Crippen LogP contribution in [0, 0.1) is 0 Å². The van der Waals surface area contributed by atoms with Gasteiger partial charge in [0, 0.05) is 35.4 Å². The summed E-state index contributed by atoms with van der Waals surface area (Å²) in [6, 6.07) is 22.7. The molecule has 7 nitrogen and oxygen atoms in total. The first-order valence-electron chi connectivity index (χ1n) is 11.4. The van der Waals surface area contributed by atoms with Gasteiger partial charge in [-0.05, 0) is 42.5 Å². The number of fused-ring (bicyclic) bond motifs is 3. The van der Waals surface area contributed by atoms with Gasteiger partial charge in [0.05, 0.1) is 11.2 Å². The van der Waals surface area contributed by atoms with Gasteiger partial charge in [0.2, 0.25) is 6.29 Å². The second kappa shape index (κ2) is 7.99. The minimum atomic E-state index is -1.16. The van der Waals surface area contributed by atoms with Crippen LogP contribution in [-0.4, -0.2) is 31.8 Å². The molecule has 6 rings (SSSR count). The summed E-state index contributed by atoms with van der Waals surface area (Å²) in [5.41, 5.74) is 12.9. The molecule has 0 amide bonds. The van der Waals surface area contributed by atoms with Crippen LogP contribution in [0.2, 0.25) is 0 Å². The lowest BCUT2D eigenvalue weighted by Crippen LogP contribution is -2.43. The van der Waals surface area contributed by atoms with Gasteiger partial charge in [-0.2, -0.15) is 0 Å². The molecule has 2 aromatic carbocycles. The molecule has 0 bridgehead atoms. The maximum atomic E-state index is 10.1. The second-order valence-corrected chi connectivity index (χ2v) is 8.93. The van der Waals surface area contributed by atoms with Gasteiger partial charge in [-0.1, -0.05) is 54.6 Å². The number of hydrogen-bond acceptors (Lipinski definition) is 6. The fraction of sp³-hybridized carbons (Fsp3) is 0.222. The van der Waals surface area contributed by atoms with Crippen molar-refractivity contribution >= 4 is 16.6 Å². The van der Waals surface area contributed by atoms with E-state index in [4.69, 9.17) is 15.5 Å². The molecule has 5 aromatic rings. The molecule has 1 unspecified atom stereocenters. The number of aliphatic hydroxyl groups is 1. The topological polar surface area (TPSA) is 98.6 Å². The van der Waals surface area contributed by atoms with E-state index in [1.54, 1.807) is 4.40 Å². The van der Waals surface area contributed by atoms with E-state index in [0.717, 1.165) is 46.1 Å². The molecule has 3 heterocycles. The highest BCUT2D eigenvalue weighted by Gasteiger charge is 2.34. The van der Waals surface area contributed by atoms with Gasteiger partial charge in [0.15, 0.2) is 11.5 Å². The average molecular weight is 452 g/mol. The van der Waals surface area contributed by atoms with Crippen molar-refractivity contribution in [1.82, 2.24) is 19.6 Å². The number of rotatable bonds is 5. The van der Waals surface area contributed by atoms with E-state index in [-0.39, 0.29) is 5.54 Å². The molecule has 0 aliphatic heterocycles. The van der Waals surface area contributed by atoms with Crippen LogP contribution in [0.1, 0.15) is 36.9 Å². The summed E-state index contributed by atoms with van der Waals surface area (Å²) >= 11 is 0. The molecule has 3 aromatic heterocycles. The third-order valence-electron chi connectivity index (χ3n) is 6.90. The highest BCUT2D eigenvalue weighted by atomic mass is 16.6. The number of benzene rings is 2. The van der Waals surface area contributed by atoms with Crippen molar-refractivity contribution < 1.29 is 9.84 Å². The summed E-state index contributed by atoms with van der Waals surface area (Å²) in [5, 5.41) is 19.5. The summed E-state index contributed by atoms with van der Waals surface area (Å²) in [6.07, 6.45) is 3.90. The summed E-state index contributed by atoms with van der Waals surface area (Å²) in [4.78, 5) is 5.07. The van der Waals surface area contributed by atoms with Crippen molar-refractivity contribution in [3.05, 3.63) is 84.3 Å². The first kappa shape index (κ1) is 20.9. The fourth-order valence-corrected chi connectivity index (χ4v) is 4.75. The van der Waals surface area contributed by atoms with E-state index in [9.17, 15) is 5.11 Å². The zero-order chi connectivity index (χ0) is 23.3. The predicted octanol–water partition coefficient (Wildman–Crippen LogP) is 4.59. The molecule has 3 N–H and O–H groups in total. The van der Waals surface area contributed by atoms with Crippen molar-refractivity contribution in [2.24, 2.45) is 5.73 Å². The lowest BCUT2D eigenvalue weighted by atomic mass is 9.72. The van der Waals surface area contributed by atoms with E-state index >= 15 is 0 Å². The average Bonchev–Trinajstić information content (AvgIpc) is 3.31. The molecular weight excluding hydrogens is 426 g/mol. The minimum Gasteiger partial charge on any atom is -0.362 e. The SMILES string of the molecule is COC(O)c1nnc2c3cc(-c4ccccc4)c(-c4ccc(C5(N)CCC5)cc4)nc3ccn12. The quantitative estimate of drug-likeness (QED) is 0.379. The van der Waals surface area contributed by atoms with E-state index in [1.807, 2.05) is 30.5 Å². The van der Waals surface area contributed by atoms with Crippen LogP contribution in [-0.2, 0) is 10.3 Å². The lowest BCUT2D eigenvalue weighted by Gasteiger charge is -2.38. The first-order chi connectivity index (χ1) is 16.6. The van der Waals surface area contributed by atoms with Crippen LogP contribution in [0.15, 0.2) is 72.9 Å². The van der Waals surface area contributed by atoms with Gasteiger partial charge < -0.3 is 15.6 Å². The van der Waals surface area contributed by atoms with Gasteiger partial charge in [-0.15, -0.1) is 10.2 Å². The molecule has 0 radical (unpaired) electrons. The van der Waals surface area contributed by atoms with Crippen molar-refractivity contribution in [3.63, 3.8) is 0 Å². The molecular formula is C27H25N5O2. The molecule has 0 spiro atoms. The number of ether oxygens (including phenoxy) is 1. The number of nitrogens with zero attached hydrogens (tertiary/aromatic N) is 4. The van der Waals surface area contributed by atoms with Gasteiger partial charge >= 0.3 is 0 Å². The minimum absolute atomic E-state index is 0.193. The van der Waals surface area contributed by atoms with Crippen LogP contribution in [0.4, 0.5) is 0 Å². The maximum absolute atomic E-state index is 10.1. The molecule has 1 atom stereocenters. The molecule has 1 aliphatic carbocycles. The smallest absolute Gasteiger partial charge is 0.217 e. The Kier molecular flexibility index (Phi) is 4.91. The maximum Gasteiger partial charge on any atom is 0.217 e. The lowest BCUT2D eigenvalue weighted by molar-refractivity contribution is -0.0836. The van der Waals surface area contributed by atoms with Gasteiger partial charge in [-0.3, -0.25) is 4.40 Å². The van der Waals surface area contributed by atoms with Crippen molar-refractivity contribution in [3.8, 4) is 22.4 Å². The third-order valence-corrected chi connectivity index (χ3v) is 6.90. The highest BCUT2D eigenvalue weighted by molar-refractivity contribution is 5.98. The van der Waals surface area contributed by atoms with Crippen LogP contribution >= 0.6 is 0 Å². The monoisotopic (exact) mass is 451 g/mol. The molecule has 1 fully saturated rings. The number of methoxy groups -OCH3 is 1. The van der Waals surface area contributed by atoms with E-state index < -0.39 is 6.29 Å². The highest BCUT2D eigenvalue weighted by Crippen LogP contribution is 2.40. The summed E-state index contributed by atoms with van der Waals surface area (Å²) in [6.45, 7) is 0. The third kappa shape index (κ3) is 3.28. The Labute approximate surface area is 196 Å². The summed E-state index contributed by atoms with van der Waals surface area (Å²) in [7, 11) is 1.43. The molecule has 170 valence electrons. The Hall–Kier alpha value is -3.65. The van der Waals surface area contributed by atoms with E-state index in [1.165, 1.54) is 19.1 Å². The fourth-order valence-electron chi connectivity index (χ4n) is 4.75. The normalized spacial score (nSPS) is 16.0. The second-order valence-electron chi connectivity index (χ2n) is 8.93. The Morgan fingerprint density at radius 3 is 2.44 bits per heavy atom. The largest absolute Gasteiger partial charge is 0.362 e. The molecule has 1 saturated carbocycles. The number of aromatic nitrogens is 4. The Balaban J connectivity index is 1.55. The van der Waals surface area contributed by atoms with Crippen LogP contribution in [0.3, 0.4) is 0 Å². The summed E-state index contributed by atoms with van der Waals surface area (Å²) < 4.78 is 6.77. The molecule has 34 heavy (non-hydrogen) atoms. The number of aliphatic hydroxyl groups excluding tert-OH is 1. The first-order valence-corrected chi connectivity index (χ1v) is 11.4. The molecule has 7 heteroatoms. The van der Waals surface area contributed by atoms with Crippen molar-refractivity contribution in [2.75, 3.05) is 7.11 Å². The van der Waals surface area contributed by atoms with Gasteiger partial charge in [-0.25, -0.2) is 4.98 Å². The number of hydrogen-bond donors (Lipinski definition) is 2. The number of nitrogens with two attached hydrogens (primary N) is 1. The predicted molar refractivity (Wildman–Crippen MR) is 131 cm³/mol. The van der Waals surface area contributed by atoms with Crippen molar-refractivity contribution in [2.45, 2.75) is 31.1 Å². The van der Waals surface area contributed by atoms with Gasteiger partial charge in [0.1, 0.15) is 0 Å². The summed E-state index contributed by atoms with van der Waals surface area (Å²) in [5.74, 6) is 0.326. The number of pyridine rings is 2. The zero-order valence-corrected chi connectivity index (χ0v) is 18.8.